The second kappa shape index (κ2) is 6.62. The maximum Gasteiger partial charge on any atom is 0.218 e. The predicted molar refractivity (Wildman–Crippen MR) is 83.5 cm³/mol. The van der Waals surface area contributed by atoms with Crippen molar-refractivity contribution in [2.45, 2.75) is 25.1 Å². The van der Waals surface area contributed by atoms with Crippen molar-refractivity contribution < 1.29 is 13.3 Å². The van der Waals surface area contributed by atoms with Crippen LogP contribution >= 0.6 is 11.6 Å². The van der Waals surface area contributed by atoms with Gasteiger partial charge in [0.25, 0.3) is 0 Å². The van der Waals surface area contributed by atoms with Gasteiger partial charge in [0, 0.05) is 18.6 Å². The highest BCUT2D eigenvalue weighted by Crippen LogP contribution is 2.36. The third kappa shape index (κ3) is 3.76. The highest BCUT2D eigenvalue weighted by molar-refractivity contribution is 7.90. The zero-order valence-corrected chi connectivity index (χ0v) is 14.0. The molecule has 2 rings (SSSR count). The van der Waals surface area contributed by atoms with Crippen molar-refractivity contribution in [3.05, 3.63) is 34.9 Å². The molecule has 1 saturated heterocycles. The van der Waals surface area contributed by atoms with Crippen LogP contribution < -0.4 is 4.72 Å². The topological polar surface area (TPSA) is 58.6 Å². The summed E-state index contributed by atoms with van der Waals surface area (Å²) in [5.74, 6) is 0.249. The molecule has 1 aromatic rings. The summed E-state index contributed by atoms with van der Waals surface area (Å²) >= 11 is 6.22. The van der Waals surface area contributed by atoms with Gasteiger partial charge in [-0.1, -0.05) is 43.6 Å². The Bertz CT molecular complexity index is 592. The highest BCUT2D eigenvalue weighted by Gasteiger charge is 2.43. The Labute approximate surface area is 131 Å². The molecular formula is C14H21ClN2O3S. The molecule has 5 nitrogen and oxygen atoms in total. The van der Waals surface area contributed by atoms with E-state index in [9.17, 15) is 8.42 Å². The summed E-state index contributed by atoms with van der Waals surface area (Å²) in [6.45, 7) is 4.47. The van der Waals surface area contributed by atoms with Gasteiger partial charge in [-0.3, -0.25) is 4.84 Å². The summed E-state index contributed by atoms with van der Waals surface area (Å²) in [6, 6.07) is 6.85. The monoisotopic (exact) mass is 332 g/mol. The van der Waals surface area contributed by atoms with Gasteiger partial charge in [0.1, 0.15) is 5.25 Å². The third-order valence-corrected chi connectivity index (χ3v) is 5.61. The van der Waals surface area contributed by atoms with Gasteiger partial charge in [0.2, 0.25) is 10.0 Å². The normalized spacial score (nSPS) is 23.9. The maximum atomic E-state index is 12.5. The molecule has 1 fully saturated rings. The summed E-state index contributed by atoms with van der Waals surface area (Å²) < 4.78 is 27.7. The molecule has 0 saturated carbocycles. The summed E-state index contributed by atoms with van der Waals surface area (Å²) in [5.41, 5.74) is 0.763. The second-order valence-electron chi connectivity index (χ2n) is 5.63. The van der Waals surface area contributed by atoms with E-state index in [1.807, 2.05) is 32.0 Å². The largest absolute Gasteiger partial charge is 0.297 e. The molecule has 7 heteroatoms. The van der Waals surface area contributed by atoms with Crippen LogP contribution in [0.15, 0.2) is 24.3 Å². The molecular weight excluding hydrogens is 312 g/mol. The fraction of sp³-hybridized carbons (Fsp3) is 0.571. The Kier molecular flexibility index (Phi) is 5.27. The molecule has 1 aliphatic heterocycles. The molecule has 118 valence electrons. The number of nitrogens with zero attached hydrogens (tertiary/aromatic N) is 1. The Hall–Kier alpha value is -0.660. The Morgan fingerprint density at radius 2 is 2.10 bits per heavy atom. The Morgan fingerprint density at radius 3 is 2.71 bits per heavy atom. The first-order valence-electron chi connectivity index (χ1n) is 6.91. The molecule has 0 radical (unpaired) electrons. The van der Waals surface area contributed by atoms with E-state index in [0.29, 0.717) is 11.6 Å². The molecule has 0 aliphatic carbocycles. The summed E-state index contributed by atoms with van der Waals surface area (Å²) in [6.07, 6.45) is 0. The van der Waals surface area contributed by atoms with Gasteiger partial charge in [-0.25, -0.2) is 13.1 Å². The summed E-state index contributed by atoms with van der Waals surface area (Å²) in [4.78, 5) is 5.44. The van der Waals surface area contributed by atoms with Crippen molar-refractivity contribution in [2.24, 2.45) is 5.92 Å². The zero-order valence-electron chi connectivity index (χ0n) is 12.4. The van der Waals surface area contributed by atoms with Crippen molar-refractivity contribution in [3.8, 4) is 0 Å². The fourth-order valence-electron chi connectivity index (χ4n) is 2.36. The van der Waals surface area contributed by atoms with E-state index >= 15 is 0 Å². The van der Waals surface area contributed by atoms with Crippen LogP contribution in [0.4, 0.5) is 0 Å². The predicted octanol–water partition coefficient (Wildman–Crippen LogP) is 2.20. The molecule has 0 amide bonds. The zero-order chi connectivity index (χ0) is 15.6. The number of nitrogens with one attached hydrogen (secondary N) is 1. The van der Waals surface area contributed by atoms with Gasteiger partial charge < -0.3 is 0 Å². The molecule has 2 atom stereocenters. The first-order chi connectivity index (χ1) is 9.83. The average Bonchev–Trinajstić information content (AvgIpc) is 2.80. The number of hydrogen-bond acceptors (Lipinski definition) is 4. The number of halogens is 1. The standard InChI is InChI=1S/C14H21ClN2O3S/c1-10(2)8-16-21(18,19)13-9-20-17(3)14(13)11-6-4-5-7-12(11)15/h4-7,10,13-14,16H,8-9H2,1-3H3/t13-,14+/m1/s1. The van der Waals surface area contributed by atoms with Gasteiger partial charge in [-0.15, -0.1) is 0 Å². The van der Waals surface area contributed by atoms with Crippen LogP contribution in [0.25, 0.3) is 0 Å². The van der Waals surface area contributed by atoms with Crippen LogP contribution in [0.3, 0.4) is 0 Å². The summed E-state index contributed by atoms with van der Waals surface area (Å²) in [5, 5.41) is 1.44. The van der Waals surface area contributed by atoms with Crippen molar-refractivity contribution in [1.29, 1.82) is 0 Å². The molecule has 0 aromatic heterocycles. The minimum Gasteiger partial charge on any atom is -0.297 e. The van der Waals surface area contributed by atoms with Gasteiger partial charge in [-0.2, -0.15) is 5.06 Å². The molecule has 1 heterocycles. The minimum absolute atomic E-state index is 0.125. The Morgan fingerprint density at radius 1 is 1.43 bits per heavy atom. The lowest BCUT2D eigenvalue weighted by molar-refractivity contribution is -0.110. The van der Waals surface area contributed by atoms with Crippen molar-refractivity contribution in [3.63, 3.8) is 0 Å². The molecule has 1 N–H and O–H groups in total. The van der Waals surface area contributed by atoms with E-state index < -0.39 is 21.3 Å². The lowest BCUT2D eigenvalue weighted by Crippen LogP contribution is -2.40. The van der Waals surface area contributed by atoms with Crippen LogP contribution in [0.2, 0.25) is 5.02 Å². The van der Waals surface area contributed by atoms with Gasteiger partial charge >= 0.3 is 0 Å². The maximum absolute atomic E-state index is 12.5. The van der Waals surface area contributed by atoms with Crippen LogP contribution in [-0.2, 0) is 14.9 Å². The molecule has 0 bridgehead atoms. The molecule has 1 aromatic carbocycles. The number of sulfonamides is 1. The van der Waals surface area contributed by atoms with Gasteiger partial charge in [0.05, 0.1) is 12.6 Å². The van der Waals surface area contributed by atoms with E-state index in [2.05, 4.69) is 4.72 Å². The van der Waals surface area contributed by atoms with Gasteiger partial charge in [0.15, 0.2) is 0 Å². The molecule has 1 aliphatic rings. The van der Waals surface area contributed by atoms with Crippen LogP contribution in [0.5, 0.6) is 0 Å². The SMILES string of the molecule is CC(C)CNS(=O)(=O)[C@@H]1CON(C)[C@H]1c1ccccc1Cl. The van der Waals surface area contributed by atoms with E-state index in [1.54, 1.807) is 18.2 Å². The lowest BCUT2D eigenvalue weighted by Gasteiger charge is -2.24. The van der Waals surface area contributed by atoms with Crippen molar-refractivity contribution in [1.82, 2.24) is 9.79 Å². The van der Waals surface area contributed by atoms with Crippen molar-refractivity contribution >= 4 is 21.6 Å². The summed E-state index contributed by atoms with van der Waals surface area (Å²) in [7, 11) is -1.75. The smallest absolute Gasteiger partial charge is 0.218 e. The minimum atomic E-state index is -3.48. The number of hydroxylamine groups is 2. The molecule has 21 heavy (non-hydrogen) atoms. The highest BCUT2D eigenvalue weighted by atomic mass is 35.5. The average molecular weight is 333 g/mol. The van der Waals surface area contributed by atoms with E-state index in [1.165, 1.54) is 0 Å². The number of benzene rings is 1. The first kappa shape index (κ1) is 16.7. The second-order valence-corrected chi connectivity index (χ2v) is 8.03. The third-order valence-electron chi connectivity index (χ3n) is 3.50. The Balaban J connectivity index is 2.29. The molecule has 0 spiro atoms. The fourth-order valence-corrected chi connectivity index (χ4v) is 4.28. The van der Waals surface area contributed by atoms with Crippen molar-refractivity contribution in [2.75, 3.05) is 20.2 Å². The first-order valence-corrected chi connectivity index (χ1v) is 8.84. The van der Waals surface area contributed by atoms with Crippen LogP contribution in [0.1, 0.15) is 25.5 Å². The number of rotatable bonds is 5. The lowest BCUT2D eigenvalue weighted by atomic mass is 10.0. The van der Waals surface area contributed by atoms with E-state index in [-0.39, 0.29) is 12.5 Å². The quantitative estimate of drug-likeness (QED) is 0.898. The van der Waals surface area contributed by atoms with E-state index in [0.717, 1.165) is 5.56 Å². The van der Waals surface area contributed by atoms with E-state index in [4.69, 9.17) is 16.4 Å². The van der Waals surface area contributed by atoms with Crippen LogP contribution in [0, 0.1) is 5.92 Å². The molecule has 0 unspecified atom stereocenters. The van der Waals surface area contributed by atoms with Gasteiger partial charge in [-0.05, 0) is 17.5 Å². The number of hydrogen-bond donors (Lipinski definition) is 1. The van der Waals surface area contributed by atoms with Crippen LogP contribution in [-0.4, -0.2) is 38.9 Å².